The van der Waals surface area contributed by atoms with Crippen LogP contribution in [0.3, 0.4) is 0 Å². The molecule has 0 spiro atoms. The molecule has 0 rings (SSSR count). The van der Waals surface area contributed by atoms with Gasteiger partial charge in [0, 0.05) is 32.7 Å². The molecule has 6 heavy (non-hydrogen) atoms. The van der Waals surface area contributed by atoms with E-state index in [0.717, 1.165) is 0 Å². The molecule has 0 aliphatic rings. The minimum atomic E-state index is 0. The summed E-state index contributed by atoms with van der Waals surface area (Å²) in [5, 5.41) is 2.75. The second kappa shape index (κ2) is 36.5. The average Bonchev–Trinajstić information content (AvgIpc) is 0.918. The molecular formula is C4H14NY-. The SMILES string of the molecule is C.CNC.[CH3-].[Y]. The monoisotopic (exact) mass is 165 g/mol. The molecule has 0 aliphatic heterocycles. The number of hydrogen-bond acceptors (Lipinski definition) is 1. The van der Waals surface area contributed by atoms with E-state index in [9.17, 15) is 0 Å². The standard InChI is InChI=1S/C2H7N.CH4.CH3.Y/c1-3-2;;;/h3H,1-2H3;1H4;1H3;/q;;-1;. The van der Waals surface area contributed by atoms with Gasteiger partial charge in [0.05, 0.1) is 0 Å². The van der Waals surface area contributed by atoms with Gasteiger partial charge in [0.2, 0.25) is 0 Å². The fourth-order valence-corrected chi connectivity index (χ4v) is 0. The van der Waals surface area contributed by atoms with Gasteiger partial charge >= 0.3 is 0 Å². The summed E-state index contributed by atoms with van der Waals surface area (Å²) in [6, 6.07) is 0. The van der Waals surface area contributed by atoms with Gasteiger partial charge in [-0.25, -0.2) is 0 Å². The van der Waals surface area contributed by atoms with Crippen LogP contribution in [0.2, 0.25) is 0 Å². The predicted octanol–water partition coefficient (Wildman–Crippen LogP) is 0.919. The second-order valence-electron chi connectivity index (χ2n) is 0.500. The number of nitrogens with one attached hydrogen (secondary N) is 1. The summed E-state index contributed by atoms with van der Waals surface area (Å²) in [6.45, 7) is 0. The van der Waals surface area contributed by atoms with Crippen LogP contribution in [0.25, 0.3) is 0 Å². The maximum absolute atomic E-state index is 2.75. The van der Waals surface area contributed by atoms with E-state index < -0.39 is 0 Å². The fourth-order valence-electron chi connectivity index (χ4n) is 0. The van der Waals surface area contributed by atoms with Crippen molar-refractivity contribution in [3.8, 4) is 0 Å². The second-order valence-corrected chi connectivity index (χ2v) is 0.500. The van der Waals surface area contributed by atoms with Crippen LogP contribution in [0.4, 0.5) is 0 Å². The van der Waals surface area contributed by atoms with E-state index in [1.807, 2.05) is 14.1 Å². The van der Waals surface area contributed by atoms with Crippen molar-refractivity contribution in [1.29, 1.82) is 0 Å². The van der Waals surface area contributed by atoms with Gasteiger partial charge in [-0.1, -0.05) is 7.43 Å². The van der Waals surface area contributed by atoms with Crippen molar-refractivity contribution >= 4 is 0 Å². The zero-order chi connectivity index (χ0) is 2.71. The van der Waals surface area contributed by atoms with Crippen molar-refractivity contribution in [2.24, 2.45) is 0 Å². The molecule has 0 unspecified atom stereocenters. The van der Waals surface area contributed by atoms with Crippen molar-refractivity contribution < 1.29 is 32.7 Å². The Labute approximate surface area is 66.8 Å². The zero-order valence-electron chi connectivity index (χ0n) is 4.08. The van der Waals surface area contributed by atoms with Crippen LogP contribution < -0.4 is 5.32 Å². The van der Waals surface area contributed by atoms with Crippen LogP contribution in [-0.2, 0) is 32.7 Å². The molecular weight excluding hydrogens is 151 g/mol. The third kappa shape index (κ3) is 73.9. The molecule has 0 bridgehead atoms. The molecule has 0 saturated carbocycles. The van der Waals surface area contributed by atoms with Crippen molar-refractivity contribution in [3.63, 3.8) is 0 Å². The van der Waals surface area contributed by atoms with Crippen LogP contribution >= 0.6 is 0 Å². The summed E-state index contributed by atoms with van der Waals surface area (Å²) in [7, 11) is 3.75. The predicted molar refractivity (Wildman–Crippen MR) is 28.1 cm³/mol. The van der Waals surface area contributed by atoms with E-state index in [0.29, 0.717) is 0 Å². The molecule has 0 aliphatic carbocycles. The Balaban J connectivity index is -0.00000000667. The molecule has 0 fully saturated rings. The maximum Gasteiger partial charge on any atom is 0 e. The van der Waals surface area contributed by atoms with E-state index in [1.54, 1.807) is 0 Å². The smallest absolute Gasteiger partial charge is 0 e. The van der Waals surface area contributed by atoms with Crippen LogP contribution in [0.15, 0.2) is 0 Å². The molecule has 1 N–H and O–H groups in total. The normalized spacial score (nSPS) is 3.00. The molecule has 39 valence electrons. The maximum atomic E-state index is 2.75. The summed E-state index contributed by atoms with van der Waals surface area (Å²) in [4.78, 5) is 0. The van der Waals surface area contributed by atoms with E-state index >= 15 is 0 Å². The first kappa shape index (κ1) is 27.7. The summed E-state index contributed by atoms with van der Waals surface area (Å²) >= 11 is 0. The van der Waals surface area contributed by atoms with Gasteiger partial charge in [0.25, 0.3) is 0 Å². The van der Waals surface area contributed by atoms with Gasteiger partial charge < -0.3 is 12.7 Å². The largest absolute Gasteiger partial charge is 0.358 e. The molecule has 0 saturated heterocycles. The first-order valence-electron chi connectivity index (χ1n) is 1.00. The van der Waals surface area contributed by atoms with Crippen LogP contribution in [0.5, 0.6) is 0 Å². The molecule has 1 nitrogen and oxygen atoms in total. The number of rotatable bonds is 0. The van der Waals surface area contributed by atoms with Gasteiger partial charge in [-0.05, 0) is 14.1 Å². The molecule has 1 radical (unpaired) electrons. The van der Waals surface area contributed by atoms with E-state index in [-0.39, 0.29) is 47.6 Å². The Morgan fingerprint density at radius 3 is 1.17 bits per heavy atom. The van der Waals surface area contributed by atoms with Crippen LogP contribution in [0, 0.1) is 7.43 Å². The van der Waals surface area contributed by atoms with Crippen molar-refractivity contribution in [3.05, 3.63) is 7.43 Å². The zero-order valence-corrected chi connectivity index (χ0v) is 6.92. The first-order valence-corrected chi connectivity index (χ1v) is 1.00. The van der Waals surface area contributed by atoms with E-state index in [1.165, 1.54) is 0 Å². The molecule has 0 heterocycles. The van der Waals surface area contributed by atoms with Crippen LogP contribution in [0.1, 0.15) is 7.43 Å². The topological polar surface area (TPSA) is 12.0 Å². The minimum absolute atomic E-state index is 0. The third-order valence-corrected chi connectivity index (χ3v) is 0. The average molecular weight is 165 g/mol. The Kier molecular flexibility index (Phi) is 168. The van der Waals surface area contributed by atoms with Gasteiger partial charge in [0.1, 0.15) is 0 Å². The Bertz CT molecular complexity index is 7.51. The molecule has 0 atom stereocenters. The molecule has 0 aromatic carbocycles. The van der Waals surface area contributed by atoms with Gasteiger partial charge in [-0.3, -0.25) is 0 Å². The summed E-state index contributed by atoms with van der Waals surface area (Å²) < 4.78 is 0. The fraction of sp³-hybridized carbons (Fsp3) is 0.750. The third-order valence-electron chi connectivity index (χ3n) is 0. The molecule has 0 aromatic heterocycles. The Hall–Kier alpha value is 1.06. The minimum Gasteiger partial charge on any atom is -0.358 e. The van der Waals surface area contributed by atoms with E-state index in [2.05, 4.69) is 5.32 Å². The Morgan fingerprint density at radius 1 is 1.17 bits per heavy atom. The molecule has 0 aromatic rings. The van der Waals surface area contributed by atoms with Crippen LogP contribution in [-0.4, -0.2) is 14.1 Å². The van der Waals surface area contributed by atoms with E-state index in [4.69, 9.17) is 0 Å². The van der Waals surface area contributed by atoms with Crippen molar-refractivity contribution in [1.82, 2.24) is 5.32 Å². The van der Waals surface area contributed by atoms with Gasteiger partial charge in [-0.2, -0.15) is 0 Å². The van der Waals surface area contributed by atoms with Gasteiger partial charge in [-0.15, -0.1) is 0 Å². The van der Waals surface area contributed by atoms with Crippen molar-refractivity contribution in [2.75, 3.05) is 14.1 Å². The molecule has 0 amide bonds. The summed E-state index contributed by atoms with van der Waals surface area (Å²) in [5.41, 5.74) is 0. The number of hydrogen-bond donors (Lipinski definition) is 1. The summed E-state index contributed by atoms with van der Waals surface area (Å²) in [5.74, 6) is 0. The van der Waals surface area contributed by atoms with Crippen molar-refractivity contribution in [2.45, 2.75) is 7.43 Å². The summed E-state index contributed by atoms with van der Waals surface area (Å²) in [6.07, 6.45) is 0. The Morgan fingerprint density at radius 2 is 1.17 bits per heavy atom. The first-order chi connectivity index (χ1) is 1.41. The quantitative estimate of drug-likeness (QED) is 0.526. The van der Waals surface area contributed by atoms with Gasteiger partial charge in [0.15, 0.2) is 0 Å². The molecule has 2 heteroatoms.